The molecule has 0 bridgehead atoms. The topological polar surface area (TPSA) is 63.7 Å². The van der Waals surface area contributed by atoms with Crippen LogP contribution >= 0.6 is 0 Å². The monoisotopic (exact) mass is 321 g/mol. The van der Waals surface area contributed by atoms with Crippen molar-refractivity contribution in [2.24, 2.45) is 5.92 Å². The lowest BCUT2D eigenvalue weighted by atomic mass is 9.89. The Balaban J connectivity index is 2.11. The Labute approximate surface area is 134 Å². The van der Waals surface area contributed by atoms with Crippen molar-refractivity contribution in [3.63, 3.8) is 0 Å². The van der Waals surface area contributed by atoms with Gasteiger partial charge in [0.1, 0.15) is 17.2 Å². The van der Waals surface area contributed by atoms with E-state index in [1.807, 2.05) is 0 Å². The van der Waals surface area contributed by atoms with E-state index in [9.17, 15) is 18.8 Å². The quantitative estimate of drug-likeness (QED) is 0.621. The lowest BCUT2D eigenvalue weighted by molar-refractivity contribution is -0.124. The van der Waals surface area contributed by atoms with Gasteiger partial charge in [0.15, 0.2) is 5.78 Å². The van der Waals surface area contributed by atoms with Crippen molar-refractivity contribution < 1.29 is 23.5 Å². The number of likely N-dealkylation sites (tertiary alicyclic amines) is 1. The van der Waals surface area contributed by atoms with E-state index in [0.717, 1.165) is 0 Å². The number of carbonyl (C=O) groups is 3. The second kappa shape index (κ2) is 6.48. The molecule has 2 rings (SSSR count). The number of amides is 1. The van der Waals surface area contributed by atoms with Gasteiger partial charge in [-0.1, -0.05) is 0 Å². The number of Topliss-reactive ketones (excluding diaryl/α,β-unsaturated/α-hetero) is 2. The molecule has 1 fully saturated rings. The van der Waals surface area contributed by atoms with Crippen molar-refractivity contribution in [3.8, 4) is 0 Å². The van der Waals surface area contributed by atoms with Crippen molar-refractivity contribution >= 4 is 17.7 Å². The summed E-state index contributed by atoms with van der Waals surface area (Å²) in [7, 11) is 0. The molecule has 1 atom stereocenters. The zero-order chi connectivity index (χ0) is 17.2. The van der Waals surface area contributed by atoms with E-state index < -0.39 is 29.2 Å². The molecule has 1 amide bonds. The molecule has 0 spiro atoms. The predicted molar refractivity (Wildman–Crippen MR) is 81.7 cm³/mol. The third kappa shape index (κ3) is 4.37. The highest BCUT2D eigenvalue weighted by Gasteiger charge is 2.36. The summed E-state index contributed by atoms with van der Waals surface area (Å²) in [6.45, 7) is 5.48. The summed E-state index contributed by atoms with van der Waals surface area (Å²) >= 11 is 0. The molecule has 0 aromatic heterocycles. The summed E-state index contributed by atoms with van der Waals surface area (Å²) in [5, 5.41) is 0. The minimum atomic E-state index is -0.929. The van der Waals surface area contributed by atoms with Crippen molar-refractivity contribution in [1.82, 2.24) is 4.90 Å². The lowest BCUT2D eigenvalue weighted by Gasteiger charge is -2.32. The molecule has 1 aliphatic heterocycles. The molecule has 1 aromatic rings. The van der Waals surface area contributed by atoms with Gasteiger partial charge in [-0.25, -0.2) is 9.18 Å². The number of nitrogens with zero attached hydrogens (tertiary/aromatic N) is 1. The van der Waals surface area contributed by atoms with Crippen LogP contribution in [0.2, 0.25) is 0 Å². The Morgan fingerprint density at radius 2 is 1.83 bits per heavy atom. The van der Waals surface area contributed by atoms with E-state index >= 15 is 0 Å². The van der Waals surface area contributed by atoms with E-state index in [2.05, 4.69) is 0 Å². The van der Waals surface area contributed by atoms with Crippen LogP contribution in [0.3, 0.4) is 0 Å². The highest BCUT2D eigenvalue weighted by Crippen LogP contribution is 2.20. The highest BCUT2D eigenvalue weighted by molar-refractivity contribution is 6.11. The molecular weight excluding hydrogens is 301 g/mol. The number of rotatable bonds is 2. The van der Waals surface area contributed by atoms with Gasteiger partial charge < -0.3 is 9.64 Å². The van der Waals surface area contributed by atoms with Crippen LogP contribution in [-0.4, -0.2) is 41.3 Å². The van der Waals surface area contributed by atoms with Gasteiger partial charge in [-0.05, 0) is 45.0 Å². The lowest BCUT2D eigenvalue weighted by Crippen LogP contribution is -2.48. The van der Waals surface area contributed by atoms with Crippen molar-refractivity contribution in [2.75, 3.05) is 13.1 Å². The van der Waals surface area contributed by atoms with Gasteiger partial charge in [-0.3, -0.25) is 9.59 Å². The van der Waals surface area contributed by atoms with Gasteiger partial charge in [0.2, 0.25) is 0 Å². The molecule has 1 unspecified atom stereocenters. The molecule has 5 nitrogen and oxygen atoms in total. The van der Waals surface area contributed by atoms with Gasteiger partial charge in [0.25, 0.3) is 0 Å². The smallest absolute Gasteiger partial charge is 0.410 e. The number of hydrogen-bond donors (Lipinski definition) is 0. The van der Waals surface area contributed by atoms with Crippen LogP contribution < -0.4 is 0 Å². The first-order valence-electron chi connectivity index (χ1n) is 7.48. The summed E-state index contributed by atoms with van der Waals surface area (Å²) in [5.41, 5.74) is -0.384. The standard InChI is InChI=1S/C17H20FNO4/c1-17(2,3)23-16(22)19-9-8-14(20)13(10-19)15(21)11-4-6-12(18)7-5-11/h4-7,13H,8-10H2,1-3H3. The molecule has 23 heavy (non-hydrogen) atoms. The first-order chi connectivity index (χ1) is 10.7. The summed E-state index contributed by atoms with van der Waals surface area (Å²) in [5.74, 6) is -1.99. The third-order valence-electron chi connectivity index (χ3n) is 3.52. The SMILES string of the molecule is CC(C)(C)OC(=O)N1CCC(=O)C(C(=O)c2ccc(F)cc2)C1. The molecule has 0 N–H and O–H groups in total. The fourth-order valence-electron chi connectivity index (χ4n) is 2.37. The maximum Gasteiger partial charge on any atom is 0.410 e. The van der Waals surface area contributed by atoms with Crippen LogP contribution in [0.5, 0.6) is 0 Å². The van der Waals surface area contributed by atoms with E-state index in [4.69, 9.17) is 4.74 Å². The number of ketones is 2. The maximum atomic E-state index is 12.9. The Kier molecular flexibility index (Phi) is 4.82. The predicted octanol–water partition coefficient (Wildman–Crippen LogP) is 2.83. The summed E-state index contributed by atoms with van der Waals surface area (Å²) in [6.07, 6.45) is -0.432. The average molecular weight is 321 g/mol. The van der Waals surface area contributed by atoms with Crippen molar-refractivity contribution in [1.29, 1.82) is 0 Å². The molecule has 1 saturated heterocycles. The fourth-order valence-corrected chi connectivity index (χ4v) is 2.37. The molecule has 0 aliphatic carbocycles. The van der Waals surface area contributed by atoms with Gasteiger partial charge in [-0.15, -0.1) is 0 Å². The van der Waals surface area contributed by atoms with Crippen molar-refractivity contribution in [2.45, 2.75) is 32.8 Å². The fraction of sp³-hybridized carbons (Fsp3) is 0.471. The number of carbonyl (C=O) groups excluding carboxylic acids is 3. The number of benzene rings is 1. The van der Waals surface area contributed by atoms with E-state index in [-0.39, 0.29) is 30.9 Å². The molecule has 1 aliphatic rings. The highest BCUT2D eigenvalue weighted by atomic mass is 19.1. The molecule has 1 aromatic carbocycles. The molecular formula is C17H20FNO4. The van der Waals surface area contributed by atoms with E-state index in [1.54, 1.807) is 20.8 Å². The van der Waals surface area contributed by atoms with Gasteiger partial charge >= 0.3 is 6.09 Å². The number of hydrogen-bond acceptors (Lipinski definition) is 4. The first-order valence-corrected chi connectivity index (χ1v) is 7.48. The number of piperidine rings is 1. The van der Waals surface area contributed by atoms with Crippen LogP contribution in [-0.2, 0) is 9.53 Å². The summed E-state index contributed by atoms with van der Waals surface area (Å²) < 4.78 is 18.2. The van der Waals surface area contributed by atoms with Crippen LogP contribution in [0, 0.1) is 11.7 Å². The van der Waals surface area contributed by atoms with Crippen molar-refractivity contribution in [3.05, 3.63) is 35.6 Å². The van der Waals surface area contributed by atoms with Crippen LogP contribution in [0.25, 0.3) is 0 Å². The van der Waals surface area contributed by atoms with Crippen LogP contribution in [0.4, 0.5) is 9.18 Å². The minimum absolute atomic E-state index is 0.00996. The molecule has 0 radical (unpaired) electrons. The minimum Gasteiger partial charge on any atom is -0.444 e. The molecule has 6 heteroatoms. The molecule has 1 heterocycles. The Morgan fingerprint density at radius 1 is 1.22 bits per heavy atom. The largest absolute Gasteiger partial charge is 0.444 e. The molecule has 0 saturated carbocycles. The van der Waals surface area contributed by atoms with E-state index in [1.165, 1.54) is 29.2 Å². The Morgan fingerprint density at radius 3 is 2.39 bits per heavy atom. The van der Waals surface area contributed by atoms with Gasteiger partial charge in [0, 0.05) is 25.1 Å². The van der Waals surface area contributed by atoms with Gasteiger partial charge in [0.05, 0.1) is 5.92 Å². The first kappa shape index (κ1) is 17.1. The van der Waals surface area contributed by atoms with Crippen LogP contribution in [0.1, 0.15) is 37.6 Å². The summed E-state index contributed by atoms with van der Waals surface area (Å²) in [6, 6.07) is 5.03. The Bertz CT molecular complexity index is 618. The normalized spacial score (nSPS) is 18.7. The zero-order valence-electron chi connectivity index (χ0n) is 13.5. The third-order valence-corrected chi connectivity index (χ3v) is 3.52. The second-order valence-electron chi connectivity index (χ2n) is 6.57. The molecule has 124 valence electrons. The number of ether oxygens (including phenoxy) is 1. The Hall–Kier alpha value is -2.24. The number of halogens is 1. The second-order valence-corrected chi connectivity index (χ2v) is 6.57. The van der Waals surface area contributed by atoms with Gasteiger partial charge in [-0.2, -0.15) is 0 Å². The van der Waals surface area contributed by atoms with E-state index in [0.29, 0.717) is 0 Å². The zero-order valence-corrected chi connectivity index (χ0v) is 13.5. The average Bonchev–Trinajstić information content (AvgIpc) is 2.46. The summed E-state index contributed by atoms with van der Waals surface area (Å²) in [4.78, 5) is 38.0. The van der Waals surface area contributed by atoms with Crippen LogP contribution in [0.15, 0.2) is 24.3 Å². The maximum absolute atomic E-state index is 12.9.